The van der Waals surface area contributed by atoms with E-state index in [-0.39, 0.29) is 23.6 Å². The van der Waals surface area contributed by atoms with Gasteiger partial charge in [-0.3, -0.25) is 9.80 Å². The molecular formula is C19H26N4O3S. The number of rotatable bonds is 5. The van der Waals surface area contributed by atoms with Crippen molar-refractivity contribution >= 4 is 9.84 Å². The Hall–Kier alpha value is -1.90. The van der Waals surface area contributed by atoms with E-state index in [9.17, 15) is 8.42 Å². The molecule has 4 rings (SSSR count). The first-order valence-electron chi connectivity index (χ1n) is 9.25. The second-order valence-electron chi connectivity index (χ2n) is 7.48. The number of benzene rings is 1. The fourth-order valence-electron chi connectivity index (χ4n) is 4.23. The number of aromatic nitrogens is 2. The van der Waals surface area contributed by atoms with Crippen molar-refractivity contribution in [1.29, 1.82) is 0 Å². The first-order chi connectivity index (χ1) is 12.9. The van der Waals surface area contributed by atoms with Crippen LogP contribution in [0.25, 0.3) is 0 Å². The summed E-state index contributed by atoms with van der Waals surface area (Å²) < 4.78 is 30.1. The number of nitrogens with one attached hydrogen (secondary N) is 1. The Balaban J connectivity index is 1.53. The summed E-state index contributed by atoms with van der Waals surface area (Å²) in [5.74, 6) is 1.30. The van der Waals surface area contributed by atoms with Gasteiger partial charge in [0.2, 0.25) is 0 Å². The monoisotopic (exact) mass is 390 g/mol. The summed E-state index contributed by atoms with van der Waals surface area (Å²) in [6.07, 6.45) is 1.70. The van der Waals surface area contributed by atoms with Gasteiger partial charge in [-0.05, 0) is 24.6 Å². The van der Waals surface area contributed by atoms with Crippen LogP contribution in [0.3, 0.4) is 0 Å². The molecule has 146 valence electrons. The molecule has 27 heavy (non-hydrogen) atoms. The number of aromatic amines is 1. The third-order valence-electron chi connectivity index (χ3n) is 5.71. The minimum Gasteiger partial charge on any atom is -0.497 e. The second-order valence-corrected chi connectivity index (χ2v) is 9.63. The third kappa shape index (κ3) is 3.88. The van der Waals surface area contributed by atoms with Gasteiger partial charge >= 0.3 is 0 Å². The molecule has 7 nitrogen and oxygen atoms in total. The molecule has 2 aliphatic heterocycles. The summed E-state index contributed by atoms with van der Waals surface area (Å²) in [4.78, 5) is 12.1. The van der Waals surface area contributed by atoms with Gasteiger partial charge in [0, 0.05) is 44.0 Å². The maximum Gasteiger partial charge on any atom is 0.153 e. The Bertz CT molecular complexity index is 911. The highest BCUT2D eigenvalue weighted by Crippen LogP contribution is 2.29. The van der Waals surface area contributed by atoms with Crippen LogP contribution < -0.4 is 4.74 Å². The highest BCUT2D eigenvalue weighted by molar-refractivity contribution is 7.91. The van der Waals surface area contributed by atoms with E-state index in [1.54, 1.807) is 13.4 Å². The van der Waals surface area contributed by atoms with Gasteiger partial charge in [-0.15, -0.1) is 0 Å². The number of hydrogen-bond acceptors (Lipinski definition) is 6. The highest BCUT2D eigenvalue weighted by atomic mass is 32.2. The van der Waals surface area contributed by atoms with Gasteiger partial charge in [-0.25, -0.2) is 13.4 Å². The predicted molar refractivity (Wildman–Crippen MR) is 103 cm³/mol. The molecule has 2 aromatic rings. The maximum absolute atomic E-state index is 12.4. The van der Waals surface area contributed by atoms with Crippen LogP contribution in [-0.4, -0.2) is 72.0 Å². The van der Waals surface area contributed by atoms with E-state index in [1.165, 1.54) is 0 Å². The molecule has 0 amide bonds. The van der Waals surface area contributed by atoms with Crippen molar-refractivity contribution in [2.45, 2.75) is 32.1 Å². The zero-order valence-corrected chi connectivity index (χ0v) is 16.6. The van der Waals surface area contributed by atoms with E-state index in [2.05, 4.69) is 25.8 Å². The Kier molecular flexibility index (Phi) is 4.96. The topological polar surface area (TPSA) is 78.5 Å². The van der Waals surface area contributed by atoms with Gasteiger partial charge in [-0.2, -0.15) is 0 Å². The highest BCUT2D eigenvalue weighted by Gasteiger charge is 2.46. The van der Waals surface area contributed by atoms with Gasteiger partial charge in [0.15, 0.2) is 9.84 Å². The van der Waals surface area contributed by atoms with Crippen molar-refractivity contribution in [2.24, 2.45) is 0 Å². The number of aryl methyl sites for hydroxylation is 1. The lowest BCUT2D eigenvalue weighted by Crippen LogP contribution is -2.58. The number of methoxy groups -OCH3 is 1. The van der Waals surface area contributed by atoms with Crippen LogP contribution in [0.5, 0.6) is 5.75 Å². The fraction of sp³-hybridized carbons (Fsp3) is 0.526. The summed E-state index contributed by atoms with van der Waals surface area (Å²) in [5.41, 5.74) is 3.19. The Morgan fingerprint density at radius 1 is 1.19 bits per heavy atom. The summed E-state index contributed by atoms with van der Waals surface area (Å²) in [5, 5.41) is 0. The first-order valence-corrected chi connectivity index (χ1v) is 11.1. The maximum atomic E-state index is 12.4. The standard InChI is InChI=1S/C19H26N4O3S/c1-14-17(21-13-20-14)10-23-7-6-22(18-11-27(24,25)12-19(18)23)9-15-4-3-5-16(8-15)26-2/h3-5,8,13,18-19H,6-7,9-12H2,1-2H3,(H,20,21)/t18-,19+/m0/s1. The second kappa shape index (κ2) is 7.26. The van der Waals surface area contributed by atoms with E-state index >= 15 is 0 Å². The largest absolute Gasteiger partial charge is 0.497 e. The molecule has 0 saturated carbocycles. The van der Waals surface area contributed by atoms with E-state index in [1.807, 2.05) is 25.1 Å². The average molecular weight is 391 g/mol. The number of H-pyrrole nitrogens is 1. The number of imidazole rings is 1. The number of sulfone groups is 1. The number of fused-ring (bicyclic) bond motifs is 1. The van der Waals surface area contributed by atoms with Crippen molar-refractivity contribution in [2.75, 3.05) is 31.7 Å². The van der Waals surface area contributed by atoms with Crippen molar-refractivity contribution in [3.05, 3.63) is 47.5 Å². The molecule has 0 unspecified atom stereocenters. The lowest BCUT2D eigenvalue weighted by Gasteiger charge is -2.43. The van der Waals surface area contributed by atoms with Crippen LogP contribution in [-0.2, 0) is 22.9 Å². The number of piperazine rings is 1. The molecule has 1 aromatic heterocycles. The average Bonchev–Trinajstić information content (AvgIpc) is 3.19. The zero-order valence-electron chi connectivity index (χ0n) is 15.8. The van der Waals surface area contributed by atoms with Crippen LogP contribution in [0.4, 0.5) is 0 Å². The SMILES string of the molecule is COc1cccc(CN2CCN(Cc3nc[nH]c3C)[C@@H]3CS(=O)(=O)C[C@@H]32)c1. The molecule has 8 heteroatoms. The number of hydrogen-bond donors (Lipinski definition) is 1. The summed E-state index contributed by atoms with van der Waals surface area (Å²) in [6.45, 7) is 5.12. The van der Waals surface area contributed by atoms with Gasteiger partial charge in [0.05, 0.1) is 30.6 Å². The third-order valence-corrected chi connectivity index (χ3v) is 7.41. The van der Waals surface area contributed by atoms with Crippen LogP contribution >= 0.6 is 0 Å². The quantitative estimate of drug-likeness (QED) is 0.827. The minimum atomic E-state index is -3.03. The summed E-state index contributed by atoms with van der Waals surface area (Å²) >= 11 is 0. The normalized spacial score (nSPS) is 25.4. The molecule has 2 atom stereocenters. The van der Waals surface area contributed by atoms with E-state index in [4.69, 9.17) is 4.74 Å². The Labute approximate surface area is 160 Å². The van der Waals surface area contributed by atoms with E-state index in [0.717, 1.165) is 42.3 Å². The van der Waals surface area contributed by atoms with E-state index in [0.29, 0.717) is 6.54 Å². The molecule has 1 N–H and O–H groups in total. The van der Waals surface area contributed by atoms with Gasteiger partial charge in [-0.1, -0.05) is 12.1 Å². The predicted octanol–water partition coefficient (Wildman–Crippen LogP) is 1.21. The molecule has 2 saturated heterocycles. The Morgan fingerprint density at radius 3 is 2.52 bits per heavy atom. The van der Waals surface area contributed by atoms with Crippen molar-refractivity contribution in [1.82, 2.24) is 19.8 Å². The van der Waals surface area contributed by atoms with Crippen LogP contribution in [0, 0.1) is 6.92 Å². The lowest BCUT2D eigenvalue weighted by molar-refractivity contribution is 0.0347. The van der Waals surface area contributed by atoms with Crippen LogP contribution in [0.15, 0.2) is 30.6 Å². The molecule has 0 spiro atoms. The molecule has 2 fully saturated rings. The molecule has 0 aliphatic carbocycles. The van der Waals surface area contributed by atoms with Crippen molar-refractivity contribution in [3.8, 4) is 5.75 Å². The van der Waals surface area contributed by atoms with Crippen LogP contribution in [0.2, 0.25) is 0 Å². The molecule has 3 heterocycles. The molecule has 0 bridgehead atoms. The van der Waals surface area contributed by atoms with Gasteiger partial charge in [0.25, 0.3) is 0 Å². The number of ether oxygens (including phenoxy) is 1. The molecular weight excluding hydrogens is 364 g/mol. The Morgan fingerprint density at radius 2 is 1.89 bits per heavy atom. The smallest absolute Gasteiger partial charge is 0.153 e. The molecule has 2 aliphatic rings. The van der Waals surface area contributed by atoms with E-state index < -0.39 is 9.84 Å². The minimum absolute atomic E-state index is 0.0189. The number of nitrogens with zero attached hydrogens (tertiary/aromatic N) is 3. The van der Waals surface area contributed by atoms with Crippen molar-refractivity contribution in [3.63, 3.8) is 0 Å². The van der Waals surface area contributed by atoms with Crippen LogP contribution in [0.1, 0.15) is 17.0 Å². The van der Waals surface area contributed by atoms with Crippen molar-refractivity contribution < 1.29 is 13.2 Å². The summed E-state index contributed by atoms with van der Waals surface area (Å²) in [6, 6.07) is 8.04. The first kappa shape index (κ1) is 18.5. The molecule has 0 radical (unpaired) electrons. The van der Waals surface area contributed by atoms with Gasteiger partial charge < -0.3 is 9.72 Å². The fourth-order valence-corrected chi connectivity index (χ4v) is 6.28. The lowest BCUT2D eigenvalue weighted by atomic mass is 10.0. The van der Waals surface area contributed by atoms with Gasteiger partial charge in [0.1, 0.15) is 5.75 Å². The zero-order chi connectivity index (χ0) is 19.0. The molecule has 1 aromatic carbocycles. The summed E-state index contributed by atoms with van der Waals surface area (Å²) in [7, 11) is -1.36.